The van der Waals surface area contributed by atoms with Crippen LogP contribution in [0.1, 0.15) is 13.8 Å². The normalized spacial score (nSPS) is 11.4. The Hall–Kier alpha value is -0.700. The maximum absolute atomic E-state index is 9.99. The van der Waals surface area contributed by atoms with E-state index in [4.69, 9.17) is 22.6 Å². The third-order valence-corrected chi connectivity index (χ3v) is 0.603. The second-order valence-corrected chi connectivity index (χ2v) is 3.27. The second kappa shape index (κ2) is 4.36. The Kier molecular flexibility index (Phi) is 5.03. The van der Waals surface area contributed by atoms with Crippen molar-refractivity contribution in [1.29, 1.82) is 0 Å². The molecule has 0 aromatic heterocycles. The SMILES string of the molecule is CC(C)(O)C(N)=O.O=S(=O)(O)O. The number of rotatable bonds is 1. The first-order chi connectivity index (χ1) is 4.94. The summed E-state index contributed by atoms with van der Waals surface area (Å²) in [6.45, 7) is 2.69. The van der Waals surface area contributed by atoms with Gasteiger partial charge in [0.05, 0.1) is 0 Å². The molecule has 0 spiro atoms. The Morgan fingerprint density at radius 3 is 1.42 bits per heavy atom. The minimum Gasteiger partial charge on any atom is -0.381 e. The fraction of sp³-hybridized carbons (Fsp3) is 0.750. The highest BCUT2D eigenvalue weighted by atomic mass is 32.3. The summed E-state index contributed by atoms with van der Waals surface area (Å²) in [4.78, 5) is 9.99. The number of hydrogen-bond acceptors (Lipinski definition) is 4. The van der Waals surface area contributed by atoms with E-state index in [1.54, 1.807) is 0 Å². The van der Waals surface area contributed by atoms with Gasteiger partial charge < -0.3 is 10.8 Å². The molecule has 0 saturated carbocycles. The molecule has 0 aliphatic rings. The lowest BCUT2D eigenvalue weighted by molar-refractivity contribution is -0.132. The van der Waals surface area contributed by atoms with Gasteiger partial charge in [0.2, 0.25) is 5.91 Å². The molecule has 0 radical (unpaired) electrons. The number of hydrogen-bond donors (Lipinski definition) is 4. The van der Waals surface area contributed by atoms with Gasteiger partial charge in [0.15, 0.2) is 0 Å². The van der Waals surface area contributed by atoms with E-state index in [9.17, 15) is 4.79 Å². The van der Waals surface area contributed by atoms with Gasteiger partial charge in [-0.25, -0.2) is 0 Å². The van der Waals surface area contributed by atoms with E-state index in [1.165, 1.54) is 13.8 Å². The van der Waals surface area contributed by atoms with Crippen molar-refractivity contribution in [1.82, 2.24) is 0 Å². The molecular formula is C4H11NO6S. The van der Waals surface area contributed by atoms with E-state index in [0.717, 1.165) is 0 Å². The molecular weight excluding hydrogens is 190 g/mol. The molecule has 0 saturated heterocycles. The van der Waals surface area contributed by atoms with Crippen LogP contribution in [-0.4, -0.2) is 34.1 Å². The molecule has 7 nitrogen and oxygen atoms in total. The van der Waals surface area contributed by atoms with Crippen LogP contribution in [0.3, 0.4) is 0 Å². The number of amides is 1. The quantitative estimate of drug-likeness (QED) is 0.384. The molecule has 0 aromatic carbocycles. The van der Waals surface area contributed by atoms with Gasteiger partial charge in [-0.1, -0.05) is 0 Å². The molecule has 0 aliphatic heterocycles. The first-order valence-corrected chi connectivity index (χ1v) is 4.06. The number of carbonyl (C=O) groups excluding carboxylic acids is 1. The maximum Gasteiger partial charge on any atom is 0.394 e. The third kappa shape index (κ3) is 22.8. The van der Waals surface area contributed by atoms with E-state index in [1.807, 2.05) is 0 Å². The fourth-order valence-corrected chi connectivity index (χ4v) is 0. The van der Waals surface area contributed by atoms with Crippen molar-refractivity contribution in [3.05, 3.63) is 0 Å². The van der Waals surface area contributed by atoms with Crippen molar-refractivity contribution in [3.63, 3.8) is 0 Å². The zero-order chi connectivity index (χ0) is 10.6. The summed E-state index contributed by atoms with van der Waals surface area (Å²) in [5.41, 5.74) is 3.32. The average Bonchev–Trinajstić information content (AvgIpc) is 1.55. The lowest BCUT2D eigenvalue weighted by Gasteiger charge is -2.09. The van der Waals surface area contributed by atoms with Crippen LogP contribution >= 0.6 is 0 Å². The highest BCUT2D eigenvalue weighted by Gasteiger charge is 2.18. The van der Waals surface area contributed by atoms with E-state index in [0.29, 0.717) is 0 Å². The monoisotopic (exact) mass is 201 g/mol. The standard InChI is InChI=1S/C4H9NO2.H2O4S/c1-4(2,7)3(5)6;1-5(2,3)4/h7H,1-2H3,(H2,5,6);(H2,1,2,3,4). The Labute approximate surface area is 69.8 Å². The lowest BCUT2D eigenvalue weighted by Crippen LogP contribution is -2.37. The Bertz CT molecular complexity index is 229. The Morgan fingerprint density at radius 1 is 1.33 bits per heavy atom. The van der Waals surface area contributed by atoms with E-state index >= 15 is 0 Å². The zero-order valence-corrected chi connectivity index (χ0v) is 7.37. The van der Waals surface area contributed by atoms with Gasteiger partial charge in [0.1, 0.15) is 5.60 Å². The summed E-state index contributed by atoms with van der Waals surface area (Å²) in [6, 6.07) is 0. The molecule has 0 aromatic rings. The van der Waals surface area contributed by atoms with Crippen molar-refractivity contribution in [2.24, 2.45) is 5.73 Å². The van der Waals surface area contributed by atoms with Crippen LogP contribution in [0.4, 0.5) is 0 Å². The maximum atomic E-state index is 9.99. The summed E-state index contributed by atoms with van der Waals surface area (Å²) in [6.07, 6.45) is 0. The van der Waals surface area contributed by atoms with Crippen LogP contribution in [-0.2, 0) is 15.2 Å². The molecule has 5 N–H and O–H groups in total. The summed E-state index contributed by atoms with van der Waals surface area (Å²) in [5.74, 6) is -0.701. The third-order valence-electron chi connectivity index (χ3n) is 0.603. The van der Waals surface area contributed by atoms with E-state index < -0.39 is 21.9 Å². The van der Waals surface area contributed by atoms with Crippen molar-refractivity contribution >= 4 is 16.3 Å². The van der Waals surface area contributed by atoms with Crippen molar-refractivity contribution in [2.45, 2.75) is 19.4 Å². The molecule has 1 amide bonds. The molecule has 0 fully saturated rings. The molecule has 0 bridgehead atoms. The molecule has 0 unspecified atom stereocenters. The predicted octanol–water partition coefficient (Wildman–Crippen LogP) is -1.41. The van der Waals surface area contributed by atoms with Gasteiger partial charge in [0.25, 0.3) is 0 Å². The zero-order valence-electron chi connectivity index (χ0n) is 6.55. The molecule has 74 valence electrons. The number of nitrogens with two attached hydrogens (primary N) is 1. The molecule has 8 heteroatoms. The van der Waals surface area contributed by atoms with Gasteiger partial charge in [-0.2, -0.15) is 8.42 Å². The fourth-order valence-electron chi connectivity index (χ4n) is 0. The molecule has 0 atom stereocenters. The highest BCUT2D eigenvalue weighted by Crippen LogP contribution is 1.95. The summed E-state index contributed by atoms with van der Waals surface area (Å²) in [7, 11) is -4.67. The first kappa shape index (κ1) is 13.9. The molecule has 0 aliphatic carbocycles. The van der Waals surface area contributed by atoms with E-state index in [-0.39, 0.29) is 0 Å². The van der Waals surface area contributed by atoms with Crippen LogP contribution in [0.5, 0.6) is 0 Å². The summed E-state index contributed by atoms with van der Waals surface area (Å²) in [5, 5.41) is 8.62. The molecule has 0 rings (SSSR count). The number of carbonyl (C=O) groups is 1. The minimum absolute atomic E-state index is 0.701. The topological polar surface area (TPSA) is 138 Å². The number of aliphatic hydroxyl groups is 1. The largest absolute Gasteiger partial charge is 0.394 e. The Balaban J connectivity index is 0. The molecule has 12 heavy (non-hydrogen) atoms. The summed E-state index contributed by atoms with van der Waals surface area (Å²) >= 11 is 0. The van der Waals surface area contributed by atoms with Gasteiger partial charge in [-0.15, -0.1) is 0 Å². The highest BCUT2D eigenvalue weighted by molar-refractivity contribution is 7.79. The lowest BCUT2D eigenvalue weighted by atomic mass is 10.1. The van der Waals surface area contributed by atoms with Crippen LogP contribution in [0.2, 0.25) is 0 Å². The van der Waals surface area contributed by atoms with E-state index in [2.05, 4.69) is 5.73 Å². The minimum atomic E-state index is -4.67. The van der Waals surface area contributed by atoms with Crippen LogP contribution in [0, 0.1) is 0 Å². The molecule has 0 heterocycles. The van der Waals surface area contributed by atoms with Crippen LogP contribution < -0.4 is 5.73 Å². The van der Waals surface area contributed by atoms with Crippen LogP contribution in [0.25, 0.3) is 0 Å². The van der Waals surface area contributed by atoms with Gasteiger partial charge in [-0.05, 0) is 13.8 Å². The second-order valence-electron chi connectivity index (χ2n) is 2.37. The van der Waals surface area contributed by atoms with Crippen LogP contribution in [0.15, 0.2) is 0 Å². The van der Waals surface area contributed by atoms with Crippen molar-refractivity contribution in [2.75, 3.05) is 0 Å². The predicted molar refractivity (Wildman–Crippen MR) is 39.7 cm³/mol. The Morgan fingerprint density at radius 2 is 1.42 bits per heavy atom. The smallest absolute Gasteiger partial charge is 0.381 e. The van der Waals surface area contributed by atoms with Gasteiger partial charge >= 0.3 is 10.4 Å². The first-order valence-electron chi connectivity index (χ1n) is 2.66. The van der Waals surface area contributed by atoms with Gasteiger partial charge in [-0.3, -0.25) is 13.9 Å². The van der Waals surface area contributed by atoms with Crippen molar-refractivity contribution < 1.29 is 27.4 Å². The average molecular weight is 201 g/mol. The van der Waals surface area contributed by atoms with Crippen molar-refractivity contribution in [3.8, 4) is 0 Å². The summed E-state index contributed by atoms with van der Waals surface area (Å²) < 4.78 is 31.6. The van der Waals surface area contributed by atoms with Gasteiger partial charge in [0, 0.05) is 0 Å². The number of primary amides is 1.